The van der Waals surface area contributed by atoms with Crippen molar-refractivity contribution in [2.45, 2.75) is 12.6 Å². The van der Waals surface area contributed by atoms with Gasteiger partial charge in [-0.2, -0.15) is 0 Å². The number of aromatic hydroxyl groups is 1. The summed E-state index contributed by atoms with van der Waals surface area (Å²) in [5.41, 5.74) is 3.93. The largest absolute Gasteiger partial charge is 0.508 e. The molecule has 1 amide bonds. The van der Waals surface area contributed by atoms with Crippen LogP contribution in [0.5, 0.6) is 5.75 Å². The number of benzene rings is 3. The van der Waals surface area contributed by atoms with Crippen LogP contribution >= 0.6 is 0 Å². The van der Waals surface area contributed by atoms with E-state index in [0.29, 0.717) is 5.75 Å². The number of anilines is 2. The molecule has 170 valence electrons. The summed E-state index contributed by atoms with van der Waals surface area (Å²) in [7, 11) is 0. The van der Waals surface area contributed by atoms with E-state index in [9.17, 15) is 9.90 Å². The maximum Gasteiger partial charge on any atom is 0.255 e. The van der Waals surface area contributed by atoms with Crippen molar-refractivity contribution in [1.29, 1.82) is 0 Å². The van der Waals surface area contributed by atoms with Crippen LogP contribution < -0.4 is 15.1 Å². The summed E-state index contributed by atoms with van der Waals surface area (Å²) >= 11 is 0. The van der Waals surface area contributed by atoms with Gasteiger partial charge in [0.1, 0.15) is 11.9 Å². The Bertz CT molecular complexity index is 1100. The summed E-state index contributed by atoms with van der Waals surface area (Å²) in [6.07, 6.45) is 0.857. The number of piperazine rings is 1. The van der Waals surface area contributed by atoms with Crippen molar-refractivity contribution in [3.8, 4) is 5.75 Å². The van der Waals surface area contributed by atoms with Gasteiger partial charge in [-0.05, 0) is 42.8 Å². The molecule has 1 fully saturated rings. The predicted molar refractivity (Wildman–Crippen MR) is 132 cm³/mol. The fraction of sp³-hybridized carbons (Fsp3) is 0.296. The van der Waals surface area contributed by atoms with E-state index in [4.69, 9.17) is 0 Å². The number of hydrogen-bond donors (Lipinski definition) is 2. The molecular formula is C27H30N4O2. The third-order valence-corrected chi connectivity index (χ3v) is 6.59. The molecule has 2 heterocycles. The SMILES string of the molecule is O=C1NC(c2ccccc2)N(CCCN2CCN(c3cccc(O)c3)CC2)c2ccccc21. The molecule has 1 atom stereocenters. The van der Waals surface area contributed by atoms with E-state index in [1.54, 1.807) is 6.07 Å². The first kappa shape index (κ1) is 21.3. The van der Waals surface area contributed by atoms with Gasteiger partial charge in [0.15, 0.2) is 0 Å². The highest BCUT2D eigenvalue weighted by Gasteiger charge is 2.31. The van der Waals surface area contributed by atoms with E-state index in [1.807, 2.05) is 48.5 Å². The van der Waals surface area contributed by atoms with Crippen molar-refractivity contribution in [2.75, 3.05) is 49.1 Å². The zero-order valence-electron chi connectivity index (χ0n) is 18.7. The molecule has 33 heavy (non-hydrogen) atoms. The lowest BCUT2D eigenvalue weighted by Gasteiger charge is -2.40. The second-order valence-electron chi connectivity index (χ2n) is 8.70. The van der Waals surface area contributed by atoms with Crippen LogP contribution in [0.15, 0.2) is 78.9 Å². The average Bonchev–Trinajstić information content (AvgIpc) is 2.86. The van der Waals surface area contributed by atoms with Crippen molar-refractivity contribution in [1.82, 2.24) is 10.2 Å². The number of nitrogens with one attached hydrogen (secondary N) is 1. The van der Waals surface area contributed by atoms with E-state index < -0.39 is 0 Å². The maximum atomic E-state index is 12.7. The molecule has 0 aliphatic carbocycles. The van der Waals surface area contributed by atoms with Crippen LogP contribution in [0.1, 0.15) is 28.5 Å². The molecule has 6 nitrogen and oxygen atoms in total. The number of amides is 1. The highest BCUT2D eigenvalue weighted by atomic mass is 16.3. The van der Waals surface area contributed by atoms with E-state index in [-0.39, 0.29) is 12.1 Å². The van der Waals surface area contributed by atoms with Gasteiger partial charge in [-0.3, -0.25) is 9.69 Å². The van der Waals surface area contributed by atoms with Gasteiger partial charge in [0.05, 0.1) is 11.3 Å². The summed E-state index contributed by atoms with van der Waals surface area (Å²) < 4.78 is 0. The topological polar surface area (TPSA) is 59.1 Å². The number of para-hydroxylation sites is 1. The van der Waals surface area contributed by atoms with Crippen LogP contribution in [0.3, 0.4) is 0 Å². The number of phenols is 1. The summed E-state index contributed by atoms with van der Waals surface area (Å²) in [5.74, 6) is 0.301. The zero-order valence-corrected chi connectivity index (χ0v) is 18.7. The van der Waals surface area contributed by atoms with Crippen molar-refractivity contribution in [3.05, 3.63) is 90.0 Å². The molecule has 1 saturated heterocycles. The molecule has 0 radical (unpaired) electrons. The first-order chi connectivity index (χ1) is 16.2. The number of rotatable bonds is 6. The monoisotopic (exact) mass is 442 g/mol. The van der Waals surface area contributed by atoms with Crippen LogP contribution in [0.25, 0.3) is 0 Å². The fourth-order valence-electron chi connectivity index (χ4n) is 4.87. The minimum absolute atomic E-state index is 0.0150. The van der Waals surface area contributed by atoms with Crippen LogP contribution in [-0.2, 0) is 0 Å². The van der Waals surface area contributed by atoms with Gasteiger partial charge in [-0.1, -0.05) is 48.5 Å². The molecule has 3 aromatic rings. The predicted octanol–water partition coefficient (Wildman–Crippen LogP) is 3.85. The molecule has 1 unspecified atom stereocenters. The molecule has 2 aliphatic rings. The highest BCUT2D eigenvalue weighted by molar-refractivity contribution is 6.02. The van der Waals surface area contributed by atoms with E-state index in [0.717, 1.165) is 68.2 Å². The second-order valence-corrected chi connectivity index (χ2v) is 8.70. The third kappa shape index (κ3) is 4.66. The first-order valence-electron chi connectivity index (χ1n) is 11.7. The number of fused-ring (bicyclic) bond motifs is 1. The Hall–Kier alpha value is -3.51. The van der Waals surface area contributed by atoms with Crippen LogP contribution in [0, 0.1) is 0 Å². The molecule has 2 N–H and O–H groups in total. The van der Waals surface area contributed by atoms with Gasteiger partial charge < -0.3 is 20.2 Å². The zero-order chi connectivity index (χ0) is 22.6. The summed E-state index contributed by atoms with van der Waals surface area (Å²) in [6.45, 7) is 5.80. The van der Waals surface area contributed by atoms with Gasteiger partial charge in [-0.15, -0.1) is 0 Å². The van der Waals surface area contributed by atoms with Crippen molar-refractivity contribution < 1.29 is 9.90 Å². The maximum absolute atomic E-state index is 12.7. The smallest absolute Gasteiger partial charge is 0.255 e. The molecule has 0 saturated carbocycles. The molecule has 3 aromatic carbocycles. The number of phenolic OH excluding ortho intramolecular Hbond substituents is 1. The Morgan fingerprint density at radius 3 is 2.39 bits per heavy atom. The molecule has 2 aliphatic heterocycles. The van der Waals surface area contributed by atoms with Crippen LogP contribution in [0.4, 0.5) is 11.4 Å². The lowest BCUT2D eigenvalue weighted by molar-refractivity contribution is 0.0926. The van der Waals surface area contributed by atoms with Crippen molar-refractivity contribution >= 4 is 17.3 Å². The molecular weight excluding hydrogens is 412 g/mol. The summed E-state index contributed by atoms with van der Waals surface area (Å²) in [6, 6.07) is 25.6. The van der Waals surface area contributed by atoms with Crippen molar-refractivity contribution in [3.63, 3.8) is 0 Å². The average molecular weight is 443 g/mol. The summed E-state index contributed by atoms with van der Waals surface area (Å²) in [4.78, 5) is 19.9. The van der Waals surface area contributed by atoms with Gasteiger partial charge in [0.25, 0.3) is 5.91 Å². The quantitative estimate of drug-likeness (QED) is 0.607. The standard InChI is InChI=1S/C27H30N4O2/c32-23-11-6-10-22(20-23)30-18-16-29(17-19-30)14-7-15-31-25-13-5-4-12-24(25)27(33)28-26(31)21-8-2-1-3-9-21/h1-6,8-13,20,26,32H,7,14-19H2,(H,28,33). The second kappa shape index (κ2) is 9.55. The molecule has 5 rings (SSSR count). The van der Waals surface area contributed by atoms with Crippen molar-refractivity contribution in [2.24, 2.45) is 0 Å². The Morgan fingerprint density at radius 1 is 0.848 bits per heavy atom. The van der Waals surface area contributed by atoms with E-state index in [1.165, 1.54) is 0 Å². The molecule has 0 aromatic heterocycles. The Kier molecular flexibility index (Phi) is 6.17. The van der Waals surface area contributed by atoms with Gasteiger partial charge in [0.2, 0.25) is 0 Å². The molecule has 0 spiro atoms. The van der Waals surface area contributed by atoms with Gasteiger partial charge in [0, 0.05) is 44.5 Å². The lowest BCUT2D eigenvalue weighted by atomic mass is 10.0. The Balaban J connectivity index is 1.22. The Morgan fingerprint density at radius 2 is 1.61 bits per heavy atom. The number of hydrogen-bond acceptors (Lipinski definition) is 5. The van der Waals surface area contributed by atoms with E-state index in [2.05, 4.69) is 44.3 Å². The first-order valence-corrected chi connectivity index (χ1v) is 11.7. The van der Waals surface area contributed by atoms with Crippen LogP contribution in [-0.4, -0.2) is 55.2 Å². The number of nitrogens with zero attached hydrogens (tertiary/aromatic N) is 3. The lowest BCUT2D eigenvalue weighted by Crippen LogP contribution is -2.49. The number of carbonyl (C=O) groups is 1. The minimum atomic E-state index is -0.156. The van der Waals surface area contributed by atoms with Crippen LogP contribution in [0.2, 0.25) is 0 Å². The fourth-order valence-corrected chi connectivity index (χ4v) is 4.87. The third-order valence-electron chi connectivity index (χ3n) is 6.59. The summed E-state index contributed by atoms with van der Waals surface area (Å²) in [5, 5.41) is 13.0. The van der Waals surface area contributed by atoms with E-state index >= 15 is 0 Å². The molecule has 6 heteroatoms. The van der Waals surface area contributed by atoms with Gasteiger partial charge in [-0.25, -0.2) is 0 Å². The molecule has 0 bridgehead atoms. The number of carbonyl (C=O) groups excluding carboxylic acids is 1. The normalized spacial score (nSPS) is 18.7. The highest BCUT2D eigenvalue weighted by Crippen LogP contribution is 2.33. The van der Waals surface area contributed by atoms with Gasteiger partial charge >= 0.3 is 0 Å². The Labute approximate surface area is 195 Å². The minimum Gasteiger partial charge on any atom is -0.508 e.